The highest BCUT2D eigenvalue weighted by Crippen LogP contribution is 2.30. The number of benzene rings is 2. The number of hydrogen-bond acceptors (Lipinski definition) is 4. The van der Waals surface area contributed by atoms with Crippen LogP contribution in [0.25, 0.3) is 0 Å². The van der Waals surface area contributed by atoms with Crippen LogP contribution in [-0.4, -0.2) is 43.0 Å². The van der Waals surface area contributed by atoms with Gasteiger partial charge in [0.05, 0.1) is 13.2 Å². The first kappa shape index (κ1) is 21.7. The van der Waals surface area contributed by atoms with E-state index in [9.17, 15) is 9.59 Å². The van der Waals surface area contributed by atoms with Crippen molar-refractivity contribution in [1.29, 1.82) is 0 Å². The van der Waals surface area contributed by atoms with Crippen LogP contribution in [0.5, 0.6) is 11.5 Å². The molecule has 3 rings (SSSR count). The Morgan fingerprint density at radius 2 is 1.63 bits per heavy atom. The molecule has 160 valence electrons. The van der Waals surface area contributed by atoms with Crippen molar-refractivity contribution in [2.45, 2.75) is 33.1 Å². The van der Waals surface area contributed by atoms with Crippen LogP contribution in [-0.2, 0) is 16.0 Å². The van der Waals surface area contributed by atoms with Crippen LogP contribution in [0.3, 0.4) is 0 Å². The van der Waals surface area contributed by atoms with Gasteiger partial charge in [-0.2, -0.15) is 0 Å². The van der Waals surface area contributed by atoms with E-state index in [0.29, 0.717) is 49.4 Å². The number of nitrogens with one attached hydrogen (secondary N) is 1. The summed E-state index contributed by atoms with van der Waals surface area (Å²) in [7, 11) is 0. The standard InChI is InChI=1S/C24H30N2O4/c1-3-29-21-11-10-20(17-22(21)30-4-2)25-23(27)24(28)26-14-12-19(13-15-26)16-18-8-6-5-7-9-18/h5-11,17,19H,3-4,12-16H2,1-2H3,(H,25,27). The zero-order chi connectivity index (χ0) is 21.3. The van der Waals surface area contributed by atoms with E-state index in [2.05, 4.69) is 29.6 Å². The topological polar surface area (TPSA) is 67.9 Å². The van der Waals surface area contributed by atoms with E-state index in [-0.39, 0.29) is 0 Å². The lowest BCUT2D eigenvalue weighted by molar-refractivity contribution is -0.144. The third kappa shape index (κ3) is 5.75. The number of carbonyl (C=O) groups excluding carboxylic acids is 2. The van der Waals surface area contributed by atoms with Gasteiger partial charge in [0, 0.05) is 24.8 Å². The van der Waals surface area contributed by atoms with Gasteiger partial charge in [0.1, 0.15) is 0 Å². The monoisotopic (exact) mass is 410 g/mol. The van der Waals surface area contributed by atoms with Crippen molar-refractivity contribution < 1.29 is 19.1 Å². The Hall–Kier alpha value is -3.02. The highest BCUT2D eigenvalue weighted by Gasteiger charge is 2.27. The minimum atomic E-state index is -0.622. The molecule has 0 unspecified atom stereocenters. The second-order valence-corrected chi connectivity index (χ2v) is 7.41. The Kier molecular flexibility index (Phi) is 7.71. The number of likely N-dealkylation sites (tertiary alicyclic amines) is 1. The fourth-order valence-electron chi connectivity index (χ4n) is 3.74. The lowest BCUT2D eigenvalue weighted by atomic mass is 9.90. The molecule has 1 aliphatic rings. The number of amides is 2. The van der Waals surface area contributed by atoms with Gasteiger partial charge in [0.25, 0.3) is 0 Å². The lowest BCUT2D eigenvalue weighted by Gasteiger charge is -2.31. The summed E-state index contributed by atoms with van der Waals surface area (Å²) in [4.78, 5) is 26.7. The van der Waals surface area contributed by atoms with E-state index in [4.69, 9.17) is 9.47 Å². The van der Waals surface area contributed by atoms with Gasteiger partial charge < -0.3 is 19.7 Å². The van der Waals surface area contributed by atoms with Crippen molar-refractivity contribution in [3.63, 3.8) is 0 Å². The van der Waals surface area contributed by atoms with Gasteiger partial charge in [0.15, 0.2) is 11.5 Å². The molecule has 6 heteroatoms. The number of hydrogen-bond donors (Lipinski definition) is 1. The Balaban J connectivity index is 1.53. The fourth-order valence-corrected chi connectivity index (χ4v) is 3.74. The van der Waals surface area contributed by atoms with Gasteiger partial charge >= 0.3 is 11.8 Å². The summed E-state index contributed by atoms with van der Waals surface area (Å²) < 4.78 is 11.1. The summed E-state index contributed by atoms with van der Waals surface area (Å²) in [6.45, 7) is 5.99. The lowest BCUT2D eigenvalue weighted by Crippen LogP contribution is -2.44. The molecule has 2 aromatic rings. The highest BCUT2D eigenvalue weighted by atomic mass is 16.5. The minimum Gasteiger partial charge on any atom is -0.490 e. The molecule has 1 N–H and O–H groups in total. The first-order valence-corrected chi connectivity index (χ1v) is 10.6. The largest absolute Gasteiger partial charge is 0.490 e. The predicted octanol–water partition coefficient (Wildman–Crippen LogP) is 3.90. The van der Waals surface area contributed by atoms with Crippen LogP contribution in [0.15, 0.2) is 48.5 Å². The first-order valence-electron chi connectivity index (χ1n) is 10.6. The Morgan fingerprint density at radius 1 is 0.967 bits per heavy atom. The normalized spacial score (nSPS) is 14.3. The van der Waals surface area contributed by atoms with Crippen molar-refractivity contribution in [2.75, 3.05) is 31.6 Å². The summed E-state index contributed by atoms with van der Waals surface area (Å²) in [5.74, 6) is 0.595. The molecule has 2 amide bonds. The van der Waals surface area contributed by atoms with Crippen LogP contribution in [0.2, 0.25) is 0 Å². The van der Waals surface area contributed by atoms with Gasteiger partial charge in [-0.05, 0) is 56.7 Å². The average molecular weight is 411 g/mol. The Labute approximate surface area is 178 Å². The van der Waals surface area contributed by atoms with Crippen molar-refractivity contribution >= 4 is 17.5 Å². The quantitative estimate of drug-likeness (QED) is 0.703. The van der Waals surface area contributed by atoms with Gasteiger partial charge in [-0.25, -0.2) is 0 Å². The average Bonchev–Trinajstić information content (AvgIpc) is 2.76. The maximum Gasteiger partial charge on any atom is 0.313 e. The summed E-state index contributed by atoms with van der Waals surface area (Å²) in [5.41, 5.74) is 1.83. The van der Waals surface area contributed by atoms with Gasteiger partial charge in [-0.15, -0.1) is 0 Å². The maximum absolute atomic E-state index is 12.6. The van der Waals surface area contributed by atoms with E-state index in [0.717, 1.165) is 19.3 Å². The van der Waals surface area contributed by atoms with E-state index < -0.39 is 11.8 Å². The molecule has 0 aromatic heterocycles. The molecular formula is C24H30N2O4. The number of anilines is 1. The Morgan fingerprint density at radius 3 is 2.30 bits per heavy atom. The van der Waals surface area contributed by atoms with Gasteiger partial charge in [0.2, 0.25) is 0 Å². The summed E-state index contributed by atoms with van der Waals surface area (Å²) in [6, 6.07) is 15.5. The molecule has 1 fully saturated rings. The van der Waals surface area contributed by atoms with E-state index >= 15 is 0 Å². The predicted molar refractivity (Wildman–Crippen MR) is 117 cm³/mol. The molecule has 0 spiro atoms. The molecule has 0 aliphatic carbocycles. The molecule has 0 atom stereocenters. The van der Waals surface area contributed by atoms with Gasteiger partial charge in [-0.3, -0.25) is 9.59 Å². The van der Waals surface area contributed by atoms with E-state index in [1.165, 1.54) is 5.56 Å². The number of carbonyl (C=O) groups is 2. The summed E-state index contributed by atoms with van der Waals surface area (Å²) in [6.07, 6.45) is 2.83. The number of piperidine rings is 1. The van der Waals surface area contributed by atoms with Crippen LogP contribution >= 0.6 is 0 Å². The molecule has 0 saturated carbocycles. The fraction of sp³-hybridized carbons (Fsp3) is 0.417. The second kappa shape index (κ2) is 10.7. The molecule has 6 nitrogen and oxygen atoms in total. The summed E-state index contributed by atoms with van der Waals surface area (Å²) >= 11 is 0. The Bertz CT molecular complexity index is 846. The van der Waals surface area contributed by atoms with Crippen LogP contribution in [0.4, 0.5) is 5.69 Å². The molecule has 1 saturated heterocycles. The van der Waals surface area contributed by atoms with Gasteiger partial charge in [-0.1, -0.05) is 30.3 Å². The number of ether oxygens (including phenoxy) is 2. The van der Waals surface area contributed by atoms with Crippen molar-refractivity contribution in [3.05, 3.63) is 54.1 Å². The zero-order valence-corrected chi connectivity index (χ0v) is 17.7. The van der Waals surface area contributed by atoms with Crippen LogP contribution in [0, 0.1) is 5.92 Å². The van der Waals surface area contributed by atoms with Crippen molar-refractivity contribution in [3.8, 4) is 11.5 Å². The molecule has 1 aliphatic heterocycles. The molecule has 2 aromatic carbocycles. The number of rotatable bonds is 7. The van der Waals surface area contributed by atoms with Crippen molar-refractivity contribution in [1.82, 2.24) is 4.90 Å². The third-order valence-electron chi connectivity index (χ3n) is 5.26. The summed E-state index contributed by atoms with van der Waals surface area (Å²) in [5, 5.41) is 2.69. The second-order valence-electron chi connectivity index (χ2n) is 7.41. The zero-order valence-electron chi connectivity index (χ0n) is 17.7. The van der Waals surface area contributed by atoms with E-state index in [1.54, 1.807) is 23.1 Å². The highest BCUT2D eigenvalue weighted by molar-refractivity contribution is 6.39. The molecule has 0 bridgehead atoms. The third-order valence-corrected chi connectivity index (χ3v) is 5.26. The van der Waals surface area contributed by atoms with Crippen LogP contribution in [0.1, 0.15) is 32.3 Å². The van der Waals surface area contributed by atoms with Crippen molar-refractivity contribution in [2.24, 2.45) is 5.92 Å². The maximum atomic E-state index is 12.6. The molecule has 1 heterocycles. The van der Waals surface area contributed by atoms with E-state index in [1.807, 2.05) is 19.9 Å². The molecule has 30 heavy (non-hydrogen) atoms. The first-order chi connectivity index (χ1) is 14.6. The minimum absolute atomic E-state index is 0.480. The molecular weight excluding hydrogens is 380 g/mol. The van der Waals surface area contributed by atoms with Crippen LogP contribution < -0.4 is 14.8 Å². The molecule has 0 radical (unpaired) electrons. The SMILES string of the molecule is CCOc1ccc(NC(=O)C(=O)N2CCC(Cc3ccccc3)CC2)cc1OCC. The number of nitrogens with zero attached hydrogens (tertiary/aromatic N) is 1. The smallest absolute Gasteiger partial charge is 0.313 e.